The Balaban J connectivity index is 2.88. The van der Waals surface area contributed by atoms with Gasteiger partial charge in [0.05, 0.1) is 15.4 Å². The molecule has 0 aromatic heterocycles. The van der Waals surface area contributed by atoms with Gasteiger partial charge >= 0.3 is 52.8 Å². The summed E-state index contributed by atoms with van der Waals surface area (Å²) >= 11 is 0. The molecule has 0 saturated heterocycles. The minimum Gasteiger partial charge on any atom is -0.311 e. The van der Waals surface area contributed by atoms with Crippen LogP contribution in [-0.2, 0) is 11.0 Å². The van der Waals surface area contributed by atoms with Gasteiger partial charge in [-0.2, -0.15) is 57.1 Å². The summed E-state index contributed by atoms with van der Waals surface area (Å²) in [6, 6.07) is -1.41. The number of nitrogens with zero attached hydrogens (tertiary/aromatic N) is 2. The first-order chi connectivity index (χ1) is 15.7. The second-order valence-corrected chi connectivity index (χ2v) is 6.89. The fraction of sp³-hybridized carbons (Fsp3) is 0.500. The second kappa shape index (κ2) is 7.51. The highest BCUT2D eigenvalue weighted by molar-refractivity contribution is 6.03. The number of anilines is 1. The van der Waals surface area contributed by atoms with Crippen molar-refractivity contribution in [3.05, 3.63) is 37.9 Å². The SMILES string of the molecule is O=C(Nc1c([N+](=O)[O-])cc(C(F)(F)F)cc1[N+](=O)[O-])C1(F)C(F)(F)C(F)(F)C(F)(F)C(F)(F)C1(F)F. The first kappa shape index (κ1) is 28.7. The molecule has 0 aliphatic heterocycles. The van der Waals surface area contributed by atoms with Crippen molar-refractivity contribution in [3.8, 4) is 0 Å². The van der Waals surface area contributed by atoms with E-state index in [0.29, 0.717) is 0 Å². The molecular formula is C14H3F14N3O5. The van der Waals surface area contributed by atoms with E-state index in [-0.39, 0.29) is 5.32 Å². The Bertz CT molecular complexity index is 1080. The number of nitro benzene ring substituents is 2. The van der Waals surface area contributed by atoms with Crippen molar-refractivity contribution in [2.45, 2.75) is 41.5 Å². The monoisotopic (exact) mass is 559 g/mol. The number of alkyl halides is 14. The predicted octanol–water partition coefficient (Wildman–Crippen LogP) is 5.36. The molecule has 1 aliphatic rings. The molecule has 1 aliphatic carbocycles. The first-order valence-corrected chi connectivity index (χ1v) is 8.18. The molecule has 2 rings (SSSR count). The molecule has 0 unspecified atom stereocenters. The maximum absolute atomic E-state index is 14.8. The van der Waals surface area contributed by atoms with Crippen molar-refractivity contribution in [1.29, 1.82) is 0 Å². The molecule has 36 heavy (non-hydrogen) atoms. The Hall–Kier alpha value is -3.49. The third-order valence-electron chi connectivity index (χ3n) is 4.81. The van der Waals surface area contributed by atoms with Gasteiger partial charge in [0, 0.05) is 12.1 Å². The zero-order valence-electron chi connectivity index (χ0n) is 15.9. The molecule has 1 aromatic rings. The van der Waals surface area contributed by atoms with Crippen LogP contribution < -0.4 is 5.32 Å². The number of carbonyl (C=O) groups is 1. The largest absolute Gasteiger partial charge is 0.416 e. The molecule has 1 saturated carbocycles. The molecule has 0 atom stereocenters. The van der Waals surface area contributed by atoms with Crippen LogP contribution in [0.4, 0.5) is 78.5 Å². The van der Waals surface area contributed by atoms with Crippen molar-refractivity contribution in [2.24, 2.45) is 0 Å². The lowest BCUT2D eigenvalue weighted by Crippen LogP contribution is -2.86. The number of amides is 1. The van der Waals surface area contributed by atoms with Gasteiger partial charge in [-0.05, 0) is 0 Å². The van der Waals surface area contributed by atoms with Crippen LogP contribution >= 0.6 is 0 Å². The van der Waals surface area contributed by atoms with Gasteiger partial charge in [-0.25, -0.2) is 4.39 Å². The number of hydrogen-bond acceptors (Lipinski definition) is 5. The van der Waals surface area contributed by atoms with E-state index in [1.807, 2.05) is 0 Å². The van der Waals surface area contributed by atoms with Crippen LogP contribution in [0.25, 0.3) is 0 Å². The molecular weight excluding hydrogens is 556 g/mol. The Morgan fingerprint density at radius 3 is 1.28 bits per heavy atom. The van der Waals surface area contributed by atoms with Crippen molar-refractivity contribution in [3.63, 3.8) is 0 Å². The fourth-order valence-corrected chi connectivity index (χ4v) is 2.90. The van der Waals surface area contributed by atoms with Crippen LogP contribution in [0.15, 0.2) is 12.1 Å². The van der Waals surface area contributed by atoms with E-state index in [9.17, 15) is 86.5 Å². The summed E-state index contributed by atoms with van der Waals surface area (Å²) in [6.07, 6.45) is -5.65. The van der Waals surface area contributed by atoms with Gasteiger partial charge in [-0.1, -0.05) is 0 Å². The number of hydrogen-bond donors (Lipinski definition) is 1. The Labute approximate surface area is 185 Å². The summed E-state index contributed by atoms with van der Waals surface area (Å²) in [5, 5.41) is 22.1. The van der Waals surface area contributed by atoms with Crippen molar-refractivity contribution in [1.82, 2.24) is 0 Å². The molecule has 1 fully saturated rings. The standard InChI is InChI=1S/C14H3F14N3O5/c15-8(10(19,20)12(23,24)14(27,28)13(25,26)11(8,21)22)7(32)29-6-4(30(33)34)1-3(9(16,17)18)2-5(6)31(35)36/h1-2H,(H,29,32). The van der Waals surface area contributed by atoms with E-state index in [0.717, 1.165) is 0 Å². The molecule has 0 radical (unpaired) electrons. The van der Waals surface area contributed by atoms with Crippen molar-refractivity contribution >= 4 is 23.0 Å². The van der Waals surface area contributed by atoms with Crippen molar-refractivity contribution in [2.75, 3.05) is 5.32 Å². The smallest absolute Gasteiger partial charge is 0.311 e. The first-order valence-electron chi connectivity index (χ1n) is 8.18. The van der Waals surface area contributed by atoms with E-state index in [4.69, 9.17) is 0 Å². The molecule has 22 heteroatoms. The summed E-state index contributed by atoms with van der Waals surface area (Å²) in [7, 11) is 0. The van der Waals surface area contributed by atoms with E-state index in [1.54, 1.807) is 0 Å². The zero-order chi connectivity index (χ0) is 28.7. The molecule has 1 aromatic carbocycles. The van der Waals surface area contributed by atoms with Crippen LogP contribution in [0, 0.1) is 20.2 Å². The van der Waals surface area contributed by atoms with Crippen LogP contribution in [-0.4, -0.2) is 51.0 Å². The summed E-state index contributed by atoms with van der Waals surface area (Å²) in [5.41, 5.74) is -16.9. The molecule has 1 amide bonds. The number of halogens is 14. The number of carbonyl (C=O) groups excluding carboxylic acids is 1. The highest BCUT2D eigenvalue weighted by Gasteiger charge is 3.02. The van der Waals surface area contributed by atoms with Gasteiger partial charge in [0.15, 0.2) is 5.69 Å². The maximum Gasteiger partial charge on any atom is 0.416 e. The van der Waals surface area contributed by atoms with Gasteiger partial charge in [-0.15, -0.1) is 0 Å². The second-order valence-electron chi connectivity index (χ2n) is 6.89. The Morgan fingerprint density at radius 1 is 0.694 bits per heavy atom. The number of nitro groups is 2. The van der Waals surface area contributed by atoms with Crippen LogP contribution in [0.1, 0.15) is 5.56 Å². The molecule has 0 bridgehead atoms. The lowest BCUT2D eigenvalue weighted by molar-refractivity contribution is -0.475. The number of benzene rings is 1. The van der Waals surface area contributed by atoms with E-state index < -0.39 is 92.0 Å². The van der Waals surface area contributed by atoms with Gasteiger partial charge in [0.1, 0.15) is 0 Å². The minimum atomic E-state index is -7.77. The Kier molecular flexibility index (Phi) is 5.99. The molecule has 0 heterocycles. The van der Waals surface area contributed by atoms with Crippen LogP contribution in [0.5, 0.6) is 0 Å². The Morgan fingerprint density at radius 2 is 1.00 bits per heavy atom. The van der Waals surface area contributed by atoms with E-state index in [1.165, 1.54) is 0 Å². The lowest BCUT2D eigenvalue weighted by atomic mass is 9.71. The predicted molar refractivity (Wildman–Crippen MR) is 82.0 cm³/mol. The van der Waals surface area contributed by atoms with Gasteiger partial charge < -0.3 is 5.32 Å². The number of rotatable bonds is 4. The lowest BCUT2D eigenvalue weighted by Gasteiger charge is -2.51. The molecule has 202 valence electrons. The highest BCUT2D eigenvalue weighted by atomic mass is 19.4. The molecule has 8 nitrogen and oxygen atoms in total. The number of nitrogens with one attached hydrogen (secondary N) is 1. The third-order valence-corrected chi connectivity index (χ3v) is 4.81. The summed E-state index contributed by atoms with van der Waals surface area (Å²) in [4.78, 5) is 29.8. The molecule has 1 N–H and O–H groups in total. The van der Waals surface area contributed by atoms with Crippen molar-refractivity contribution < 1.29 is 76.1 Å². The summed E-state index contributed by atoms with van der Waals surface area (Å²) in [5.74, 6) is -43.0. The average molecular weight is 559 g/mol. The van der Waals surface area contributed by atoms with Crippen LogP contribution in [0.2, 0.25) is 0 Å². The summed E-state index contributed by atoms with van der Waals surface area (Å²) < 4.78 is 190. The third kappa shape index (κ3) is 3.24. The van der Waals surface area contributed by atoms with Crippen LogP contribution in [0.3, 0.4) is 0 Å². The minimum absolute atomic E-state index is 0.109. The van der Waals surface area contributed by atoms with E-state index >= 15 is 0 Å². The maximum atomic E-state index is 14.8. The molecule has 0 spiro atoms. The van der Waals surface area contributed by atoms with Gasteiger partial charge in [0.25, 0.3) is 5.91 Å². The van der Waals surface area contributed by atoms with Gasteiger partial charge in [0.2, 0.25) is 0 Å². The fourth-order valence-electron chi connectivity index (χ4n) is 2.90. The zero-order valence-corrected chi connectivity index (χ0v) is 15.9. The normalized spacial score (nSPS) is 22.9. The quantitative estimate of drug-likeness (QED) is 0.303. The van der Waals surface area contributed by atoms with E-state index in [2.05, 4.69) is 0 Å². The average Bonchev–Trinajstić information content (AvgIpc) is 2.70. The summed E-state index contributed by atoms with van der Waals surface area (Å²) in [6.45, 7) is 0. The highest BCUT2D eigenvalue weighted by Crippen LogP contribution is 2.69. The van der Waals surface area contributed by atoms with Gasteiger partial charge in [-0.3, -0.25) is 25.0 Å². The topological polar surface area (TPSA) is 115 Å².